The van der Waals surface area contributed by atoms with Gasteiger partial charge in [-0.25, -0.2) is 4.98 Å². The molecule has 2 aromatic rings. The van der Waals surface area contributed by atoms with Crippen LogP contribution in [-0.2, 0) is 6.54 Å². The molecule has 0 amide bonds. The van der Waals surface area contributed by atoms with Gasteiger partial charge in [-0.1, -0.05) is 12.1 Å². The number of rotatable bonds is 3. The SMILES string of the molecule is Cc1ncnc(Oc2ccc(CN)cc2)c1F. The molecule has 0 saturated heterocycles. The maximum atomic E-state index is 13.6. The summed E-state index contributed by atoms with van der Waals surface area (Å²) in [4.78, 5) is 7.47. The summed E-state index contributed by atoms with van der Waals surface area (Å²) in [6.07, 6.45) is 1.27. The number of nitrogens with zero attached hydrogens (tertiary/aromatic N) is 2. The summed E-state index contributed by atoms with van der Waals surface area (Å²) in [6.45, 7) is 2.02. The van der Waals surface area contributed by atoms with Crippen molar-refractivity contribution in [2.24, 2.45) is 5.73 Å². The van der Waals surface area contributed by atoms with Crippen LogP contribution in [0.4, 0.5) is 4.39 Å². The average molecular weight is 233 g/mol. The highest BCUT2D eigenvalue weighted by atomic mass is 19.1. The quantitative estimate of drug-likeness (QED) is 0.882. The van der Waals surface area contributed by atoms with Crippen LogP contribution in [0.15, 0.2) is 30.6 Å². The van der Waals surface area contributed by atoms with Gasteiger partial charge in [0, 0.05) is 6.54 Å². The van der Waals surface area contributed by atoms with Crippen molar-refractivity contribution in [2.75, 3.05) is 0 Å². The van der Waals surface area contributed by atoms with Gasteiger partial charge in [-0.3, -0.25) is 0 Å². The van der Waals surface area contributed by atoms with Crippen LogP contribution in [0.25, 0.3) is 0 Å². The van der Waals surface area contributed by atoms with Gasteiger partial charge in [0.15, 0.2) is 0 Å². The molecular weight excluding hydrogens is 221 g/mol. The van der Waals surface area contributed by atoms with E-state index in [4.69, 9.17) is 10.5 Å². The first-order valence-electron chi connectivity index (χ1n) is 5.14. The Hall–Kier alpha value is -2.01. The number of aromatic nitrogens is 2. The Morgan fingerprint density at radius 1 is 1.24 bits per heavy atom. The molecule has 2 N–H and O–H groups in total. The van der Waals surface area contributed by atoms with Gasteiger partial charge < -0.3 is 10.5 Å². The predicted octanol–water partition coefficient (Wildman–Crippen LogP) is 2.18. The van der Waals surface area contributed by atoms with Crippen molar-refractivity contribution in [2.45, 2.75) is 13.5 Å². The second kappa shape index (κ2) is 4.88. The lowest BCUT2D eigenvalue weighted by atomic mass is 10.2. The highest BCUT2D eigenvalue weighted by Crippen LogP contribution is 2.22. The smallest absolute Gasteiger partial charge is 0.259 e. The number of nitrogens with two attached hydrogens (primary N) is 1. The summed E-state index contributed by atoms with van der Waals surface area (Å²) in [5, 5.41) is 0. The summed E-state index contributed by atoms with van der Waals surface area (Å²) in [6, 6.07) is 7.08. The number of hydrogen-bond acceptors (Lipinski definition) is 4. The van der Waals surface area contributed by atoms with Crippen LogP contribution >= 0.6 is 0 Å². The molecule has 1 heterocycles. The molecule has 0 spiro atoms. The molecule has 1 aromatic heterocycles. The lowest BCUT2D eigenvalue weighted by molar-refractivity contribution is 0.416. The van der Waals surface area contributed by atoms with Gasteiger partial charge in [-0.05, 0) is 24.6 Å². The molecule has 0 unspecified atom stereocenters. The van der Waals surface area contributed by atoms with Gasteiger partial charge in [-0.15, -0.1) is 0 Å². The summed E-state index contributed by atoms with van der Waals surface area (Å²) in [5.41, 5.74) is 6.72. The molecule has 4 nitrogen and oxygen atoms in total. The van der Waals surface area contributed by atoms with Gasteiger partial charge in [0.25, 0.3) is 5.88 Å². The molecule has 1 aromatic carbocycles. The Balaban J connectivity index is 2.22. The zero-order chi connectivity index (χ0) is 12.3. The third kappa shape index (κ3) is 2.57. The topological polar surface area (TPSA) is 61.0 Å². The first-order chi connectivity index (χ1) is 8.20. The van der Waals surface area contributed by atoms with E-state index >= 15 is 0 Å². The molecule has 0 aliphatic carbocycles. The molecule has 0 saturated carbocycles. The normalized spacial score (nSPS) is 10.3. The summed E-state index contributed by atoms with van der Waals surface area (Å²) in [5.74, 6) is -0.104. The van der Waals surface area contributed by atoms with Crippen molar-refractivity contribution < 1.29 is 9.13 Å². The van der Waals surface area contributed by atoms with Gasteiger partial charge in [-0.2, -0.15) is 9.37 Å². The zero-order valence-electron chi connectivity index (χ0n) is 9.35. The van der Waals surface area contributed by atoms with Gasteiger partial charge >= 0.3 is 0 Å². The summed E-state index contributed by atoms with van der Waals surface area (Å²) < 4.78 is 18.9. The molecule has 17 heavy (non-hydrogen) atoms. The van der Waals surface area contributed by atoms with Crippen molar-refractivity contribution >= 4 is 0 Å². The molecular formula is C12H12FN3O. The van der Waals surface area contributed by atoms with E-state index in [-0.39, 0.29) is 11.6 Å². The first kappa shape index (κ1) is 11.5. The van der Waals surface area contributed by atoms with Gasteiger partial charge in [0.1, 0.15) is 12.1 Å². The van der Waals surface area contributed by atoms with Crippen LogP contribution in [0, 0.1) is 12.7 Å². The number of hydrogen-bond donors (Lipinski definition) is 1. The molecule has 88 valence electrons. The van der Waals surface area contributed by atoms with Crippen LogP contribution in [0.1, 0.15) is 11.3 Å². The Morgan fingerprint density at radius 3 is 2.59 bits per heavy atom. The molecule has 0 bridgehead atoms. The Kier molecular flexibility index (Phi) is 3.30. The van der Waals surface area contributed by atoms with E-state index in [9.17, 15) is 4.39 Å². The standard InChI is InChI=1S/C12H12FN3O/c1-8-11(13)12(16-7-15-8)17-10-4-2-9(6-14)3-5-10/h2-5,7H,6,14H2,1H3. The zero-order valence-corrected chi connectivity index (χ0v) is 9.35. The lowest BCUT2D eigenvalue weighted by Crippen LogP contribution is -1.98. The lowest BCUT2D eigenvalue weighted by Gasteiger charge is -2.06. The first-order valence-corrected chi connectivity index (χ1v) is 5.14. The van der Waals surface area contributed by atoms with Crippen molar-refractivity contribution in [3.8, 4) is 11.6 Å². The maximum Gasteiger partial charge on any atom is 0.259 e. The van der Waals surface area contributed by atoms with Crippen molar-refractivity contribution in [3.63, 3.8) is 0 Å². The summed E-state index contributed by atoms with van der Waals surface area (Å²) in [7, 11) is 0. The highest BCUT2D eigenvalue weighted by Gasteiger charge is 2.09. The fraction of sp³-hybridized carbons (Fsp3) is 0.167. The molecule has 0 fully saturated rings. The van der Waals surface area contributed by atoms with E-state index in [2.05, 4.69) is 9.97 Å². The minimum atomic E-state index is -0.546. The fourth-order valence-corrected chi connectivity index (χ4v) is 1.31. The average Bonchev–Trinajstić information content (AvgIpc) is 2.36. The van der Waals surface area contributed by atoms with E-state index in [1.54, 1.807) is 19.1 Å². The number of aryl methyl sites for hydroxylation is 1. The van der Waals surface area contributed by atoms with Crippen LogP contribution in [-0.4, -0.2) is 9.97 Å². The largest absolute Gasteiger partial charge is 0.436 e. The Labute approximate surface area is 98.3 Å². The van der Waals surface area contributed by atoms with Crippen LogP contribution in [0.5, 0.6) is 11.6 Å². The Bertz CT molecular complexity index is 514. The van der Waals surface area contributed by atoms with E-state index in [0.29, 0.717) is 12.3 Å². The minimum absolute atomic E-state index is 0.0713. The second-order valence-corrected chi connectivity index (χ2v) is 3.53. The minimum Gasteiger partial charge on any atom is -0.436 e. The highest BCUT2D eigenvalue weighted by molar-refractivity contribution is 5.31. The predicted molar refractivity (Wildman–Crippen MR) is 61.1 cm³/mol. The summed E-state index contributed by atoms with van der Waals surface area (Å²) >= 11 is 0. The third-order valence-electron chi connectivity index (χ3n) is 2.31. The van der Waals surface area contributed by atoms with Crippen molar-refractivity contribution in [3.05, 3.63) is 47.7 Å². The number of halogens is 1. The van der Waals surface area contributed by atoms with Crippen molar-refractivity contribution in [1.29, 1.82) is 0 Å². The molecule has 2 rings (SSSR count). The van der Waals surface area contributed by atoms with Crippen LogP contribution in [0.3, 0.4) is 0 Å². The van der Waals surface area contributed by atoms with E-state index in [0.717, 1.165) is 5.56 Å². The van der Waals surface area contributed by atoms with E-state index < -0.39 is 5.82 Å². The molecule has 5 heteroatoms. The van der Waals surface area contributed by atoms with Crippen LogP contribution in [0.2, 0.25) is 0 Å². The molecule has 0 radical (unpaired) electrons. The Morgan fingerprint density at radius 2 is 1.94 bits per heavy atom. The molecule has 0 aliphatic rings. The van der Waals surface area contributed by atoms with Crippen LogP contribution < -0.4 is 10.5 Å². The maximum absolute atomic E-state index is 13.6. The van der Waals surface area contributed by atoms with E-state index in [1.165, 1.54) is 6.33 Å². The fourth-order valence-electron chi connectivity index (χ4n) is 1.31. The second-order valence-electron chi connectivity index (χ2n) is 3.53. The number of ether oxygens (including phenoxy) is 1. The van der Waals surface area contributed by atoms with Gasteiger partial charge in [0.2, 0.25) is 5.82 Å². The molecule has 0 atom stereocenters. The molecule has 0 aliphatic heterocycles. The third-order valence-corrected chi connectivity index (χ3v) is 2.31. The number of benzene rings is 1. The van der Waals surface area contributed by atoms with Gasteiger partial charge in [0.05, 0.1) is 5.69 Å². The van der Waals surface area contributed by atoms with E-state index in [1.807, 2.05) is 12.1 Å². The van der Waals surface area contributed by atoms with Crippen molar-refractivity contribution in [1.82, 2.24) is 9.97 Å². The monoisotopic (exact) mass is 233 g/mol.